The average molecular weight is 634 g/mol. The number of benzene rings is 3. The summed E-state index contributed by atoms with van der Waals surface area (Å²) in [6.45, 7) is 0.535. The van der Waals surface area contributed by atoms with E-state index in [0.29, 0.717) is 25.1 Å². The van der Waals surface area contributed by atoms with E-state index in [9.17, 15) is 24.3 Å². The van der Waals surface area contributed by atoms with Crippen molar-refractivity contribution in [3.05, 3.63) is 95.6 Å². The second-order valence-corrected chi connectivity index (χ2v) is 11.7. The number of carbonyl (C=O) groups excluding carboxylic acids is 3. The van der Waals surface area contributed by atoms with Gasteiger partial charge >= 0.3 is 18.2 Å². The molecule has 0 saturated heterocycles. The van der Waals surface area contributed by atoms with Gasteiger partial charge in [0.1, 0.15) is 25.3 Å². The maximum atomic E-state index is 13.2. The van der Waals surface area contributed by atoms with E-state index < -0.39 is 36.1 Å². The fourth-order valence-corrected chi connectivity index (χ4v) is 5.73. The Morgan fingerprint density at radius 3 is 2.07 bits per heavy atom. The fourth-order valence-electron chi connectivity index (χ4n) is 5.25. The molecule has 0 heterocycles. The van der Waals surface area contributed by atoms with Crippen molar-refractivity contribution in [3.8, 4) is 11.1 Å². The third kappa shape index (κ3) is 9.74. The van der Waals surface area contributed by atoms with Gasteiger partial charge in [-0.15, -0.1) is 0 Å². The van der Waals surface area contributed by atoms with Crippen molar-refractivity contribution in [2.24, 2.45) is 0 Å². The number of ether oxygens (including phenoxy) is 2. The first kappa shape index (κ1) is 33.4. The van der Waals surface area contributed by atoms with Crippen molar-refractivity contribution in [1.29, 1.82) is 0 Å². The van der Waals surface area contributed by atoms with Crippen LogP contribution in [0.4, 0.5) is 9.59 Å². The summed E-state index contributed by atoms with van der Waals surface area (Å²) >= 11 is 1.48. The van der Waals surface area contributed by atoms with Crippen LogP contribution in [-0.4, -0.2) is 66.4 Å². The zero-order valence-corrected chi connectivity index (χ0v) is 26.0. The maximum absolute atomic E-state index is 13.2. The van der Waals surface area contributed by atoms with Gasteiger partial charge in [-0.3, -0.25) is 4.79 Å². The molecule has 4 N–H and O–H groups in total. The second kappa shape index (κ2) is 17.1. The zero-order chi connectivity index (χ0) is 32.0. The monoisotopic (exact) mass is 633 g/mol. The van der Waals surface area contributed by atoms with Gasteiger partial charge in [0, 0.05) is 12.5 Å². The molecule has 45 heavy (non-hydrogen) atoms. The third-order valence-corrected chi connectivity index (χ3v) is 8.22. The highest BCUT2D eigenvalue weighted by atomic mass is 32.2. The highest BCUT2D eigenvalue weighted by Gasteiger charge is 2.30. The third-order valence-electron chi connectivity index (χ3n) is 7.58. The Hall–Kier alpha value is -4.51. The van der Waals surface area contributed by atoms with Crippen LogP contribution >= 0.6 is 11.8 Å². The maximum Gasteiger partial charge on any atom is 0.407 e. The number of hydrogen-bond acceptors (Lipinski definition) is 7. The van der Waals surface area contributed by atoms with E-state index >= 15 is 0 Å². The average Bonchev–Trinajstić information content (AvgIpc) is 3.37. The van der Waals surface area contributed by atoms with Crippen LogP contribution in [0, 0.1) is 0 Å². The van der Waals surface area contributed by atoms with Crippen molar-refractivity contribution in [2.75, 3.05) is 25.2 Å². The Balaban J connectivity index is 1.31. The van der Waals surface area contributed by atoms with E-state index in [1.807, 2.05) is 85.1 Å². The van der Waals surface area contributed by atoms with E-state index in [1.165, 1.54) is 11.8 Å². The van der Waals surface area contributed by atoms with Crippen LogP contribution in [-0.2, 0) is 25.7 Å². The van der Waals surface area contributed by atoms with Gasteiger partial charge < -0.3 is 30.5 Å². The number of fused-ring (bicyclic) bond motifs is 3. The smallest absolute Gasteiger partial charge is 0.407 e. The van der Waals surface area contributed by atoms with Gasteiger partial charge in [-0.2, -0.15) is 11.8 Å². The number of nitrogens with one attached hydrogen (secondary N) is 3. The van der Waals surface area contributed by atoms with Crippen LogP contribution in [0.15, 0.2) is 78.9 Å². The summed E-state index contributed by atoms with van der Waals surface area (Å²) in [4.78, 5) is 50.0. The molecule has 1 aliphatic rings. The number of aliphatic carboxylic acids is 1. The predicted octanol–water partition coefficient (Wildman–Crippen LogP) is 5.31. The SMILES string of the molecule is CSCCC(NC(=O)[C@H](CCCCNC(=O)OCc1ccccc1)NC(=O)OCC1c2ccccc2-c2ccccc21)C(=O)O. The van der Waals surface area contributed by atoms with Crippen LogP contribution < -0.4 is 16.0 Å². The molecule has 0 aliphatic heterocycles. The van der Waals surface area contributed by atoms with Crippen molar-refractivity contribution >= 4 is 35.8 Å². The molecule has 1 aliphatic carbocycles. The first-order chi connectivity index (χ1) is 21.9. The topological polar surface area (TPSA) is 143 Å². The molecule has 11 heteroatoms. The number of hydrogen-bond donors (Lipinski definition) is 4. The van der Waals surface area contributed by atoms with E-state index in [1.54, 1.807) is 0 Å². The molecule has 4 rings (SSSR count). The Morgan fingerprint density at radius 2 is 1.42 bits per heavy atom. The molecule has 0 radical (unpaired) electrons. The number of alkyl carbamates (subject to hydrolysis) is 2. The van der Waals surface area contributed by atoms with Crippen molar-refractivity contribution in [1.82, 2.24) is 16.0 Å². The molecule has 3 aromatic carbocycles. The molecule has 0 aromatic heterocycles. The molecule has 0 bridgehead atoms. The van der Waals surface area contributed by atoms with Gasteiger partial charge in [0.05, 0.1) is 0 Å². The minimum atomic E-state index is -1.14. The Labute approximate surface area is 267 Å². The second-order valence-electron chi connectivity index (χ2n) is 10.7. The zero-order valence-electron chi connectivity index (χ0n) is 25.2. The molecule has 1 unspecified atom stereocenters. The minimum Gasteiger partial charge on any atom is -0.480 e. The Kier molecular flexibility index (Phi) is 12.7. The number of carboxylic acid groups (broad SMARTS) is 1. The number of amides is 3. The van der Waals surface area contributed by atoms with E-state index in [-0.39, 0.29) is 32.0 Å². The first-order valence-electron chi connectivity index (χ1n) is 15.0. The highest BCUT2D eigenvalue weighted by molar-refractivity contribution is 7.98. The summed E-state index contributed by atoms with van der Waals surface area (Å²) in [5, 5.41) is 17.5. The highest BCUT2D eigenvalue weighted by Crippen LogP contribution is 2.44. The fraction of sp³-hybridized carbons (Fsp3) is 0.353. The molecular formula is C34H39N3O7S. The van der Waals surface area contributed by atoms with Crippen molar-refractivity contribution < 1.29 is 33.8 Å². The summed E-state index contributed by atoms with van der Waals surface area (Å²) in [5.41, 5.74) is 5.20. The molecule has 2 atom stereocenters. The van der Waals surface area contributed by atoms with Gasteiger partial charge in [-0.05, 0) is 65.5 Å². The van der Waals surface area contributed by atoms with Crippen molar-refractivity contribution in [3.63, 3.8) is 0 Å². The normalized spacial score (nSPS) is 13.1. The van der Waals surface area contributed by atoms with Crippen LogP contribution in [0.5, 0.6) is 0 Å². The predicted molar refractivity (Wildman–Crippen MR) is 173 cm³/mol. The van der Waals surface area contributed by atoms with Gasteiger partial charge in [0.2, 0.25) is 5.91 Å². The summed E-state index contributed by atoms with van der Waals surface area (Å²) in [5.74, 6) is -1.35. The number of rotatable bonds is 16. The summed E-state index contributed by atoms with van der Waals surface area (Å²) in [7, 11) is 0. The van der Waals surface area contributed by atoms with Crippen LogP contribution in [0.3, 0.4) is 0 Å². The molecule has 0 fully saturated rings. The molecule has 238 valence electrons. The van der Waals surface area contributed by atoms with E-state index in [0.717, 1.165) is 27.8 Å². The van der Waals surface area contributed by atoms with Gasteiger partial charge in [0.25, 0.3) is 0 Å². The van der Waals surface area contributed by atoms with Gasteiger partial charge in [0.15, 0.2) is 0 Å². The number of carboxylic acids is 1. The Morgan fingerprint density at radius 1 is 0.778 bits per heavy atom. The molecule has 10 nitrogen and oxygen atoms in total. The van der Waals surface area contributed by atoms with Crippen molar-refractivity contribution in [2.45, 2.75) is 50.3 Å². The quantitative estimate of drug-likeness (QED) is 0.155. The molecule has 0 spiro atoms. The lowest BCUT2D eigenvalue weighted by atomic mass is 9.98. The summed E-state index contributed by atoms with van der Waals surface area (Å²) in [6, 6.07) is 23.2. The molecule has 3 amide bonds. The Bertz CT molecular complexity index is 1410. The number of carbonyl (C=O) groups is 4. The lowest BCUT2D eigenvalue weighted by Crippen LogP contribution is -2.52. The first-order valence-corrected chi connectivity index (χ1v) is 16.3. The minimum absolute atomic E-state index is 0.0781. The van der Waals surface area contributed by atoms with Crippen LogP contribution in [0.25, 0.3) is 11.1 Å². The largest absolute Gasteiger partial charge is 0.480 e. The lowest BCUT2D eigenvalue weighted by molar-refractivity contribution is -0.142. The standard InChI is InChI=1S/C34H39N3O7S/c1-45-20-18-30(32(39)40)36-31(38)29(17-9-10-19-35-33(41)43-21-23-11-3-2-4-12-23)37-34(42)44-22-28-26-15-7-5-13-24(26)25-14-6-8-16-27(25)28/h2-8,11-16,28-30H,9-10,17-22H2,1H3,(H,35,41)(H,36,38)(H,37,42)(H,39,40)/t29-,30?/m0/s1. The summed E-state index contributed by atoms with van der Waals surface area (Å²) < 4.78 is 10.8. The summed E-state index contributed by atoms with van der Waals surface area (Å²) in [6.07, 6.45) is 1.96. The van der Waals surface area contributed by atoms with E-state index in [4.69, 9.17) is 9.47 Å². The van der Waals surface area contributed by atoms with Gasteiger partial charge in [-0.1, -0.05) is 78.9 Å². The molecule has 3 aromatic rings. The van der Waals surface area contributed by atoms with Crippen LogP contribution in [0.2, 0.25) is 0 Å². The lowest BCUT2D eigenvalue weighted by Gasteiger charge is -2.22. The number of unbranched alkanes of at least 4 members (excludes halogenated alkanes) is 1. The van der Waals surface area contributed by atoms with Gasteiger partial charge in [-0.25, -0.2) is 14.4 Å². The molecular weight excluding hydrogens is 594 g/mol. The molecule has 0 saturated carbocycles. The number of thioether (sulfide) groups is 1. The van der Waals surface area contributed by atoms with E-state index in [2.05, 4.69) is 16.0 Å². The van der Waals surface area contributed by atoms with Crippen LogP contribution in [0.1, 0.15) is 48.3 Å².